The van der Waals surface area contributed by atoms with Gasteiger partial charge in [-0.1, -0.05) is 26.8 Å². The Morgan fingerprint density at radius 1 is 1.31 bits per heavy atom. The molecular formula is C13H16N2O. The van der Waals surface area contributed by atoms with Gasteiger partial charge in [-0.15, -0.1) is 0 Å². The first-order valence-electron chi connectivity index (χ1n) is 5.31. The molecular weight excluding hydrogens is 200 g/mol. The van der Waals surface area contributed by atoms with E-state index in [2.05, 4.69) is 25.8 Å². The number of amides is 1. The molecule has 1 aromatic carbocycles. The lowest BCUT2D eigenvalue weighted by molar-refractivity contribution is 0.100. The Hall–Kier alpha value is -1.77. The van der Waals surface area contributed by atoms with Crippen molar-refractivity contribution in [3.63, 3.8) is 0 Å². The van der Waals surface area contributed by atoms with Crippen LogP contribution in [0.15, 0.2) is 24.4 Å². The van der Waals surface area contributed by atoms with E-state index in [9.17, 15) is 4.79 Å². The lowest BCUT2D eigenvalue weighted by Gasteiger charge is -2.17. The van der Waals surface area contributed by atoms with Crippen LogP contribution in [0, 0.1) is 0 Å². The van der Waals surface area contributed by atoms with Crippen molar-refractivity contribution >= 4 is 16.8 Å². The van der Waals surface area contributed by atoms with Gasteiger partial charge in [0.1, 0.15) is 0 Å². The Labute approximate surface area is 94.6 Å². The Balaban J connectivity index is 2.64. The average Bonchev–Trinajstić information content (AvgIpc) is 2.58. The number of nitrogens with two attached hydrogens (primary N) is 1. The molecule has 3 N–H and O–H groups in total. The maximum Gasteiger partial charge on any atom is 0.248 e. The van der Waals surface area contributed by atoms with Crippen molar-refractivity contribution in [1.29, 1.82) is 0 Å². The summed E-state index contributed by atoms with van der Waals surface area (Å²) in [5.74, 6) is -0.395. The first kappa shape index (κ1) is 10.7. The topological polar surface area (TPSA) is 58.9 Å². The summed E-state index contributed by atoms with van der Waals surface area (Å²) >= 11 is 0. The summed E-state index contributed by atoms with van der Waals surface area (Å²) in [6.45, 7) is 6.49. The molecule has 0 aliphatic heterocycles. The van der Waals surface area contributed by atoms with Gasteiger partial charge in [0.15, 0.2) is 0 Å². The molecule has 2 aromatic rings. The van der Waals surface area contributed by atoms with Crippen LogP contribution >= 0.6 is 0 Å². The molecule has 0 atom stereocenters. The summed E-state index contributed by atoms with van der Waals surface area (Å²) in [6, 6.07) is 5.52. The van der Waals surface area contributed by atoms with Crippen LogP contribution in [-0.4, -0.2) is 10.9 Å². The molecule has 0 fully saturated rings. The quantitative estimate of drug-likeness (QED) is 0.756. The van der Waals surface area contributed by atoms with Gasteiger partial charge in [0.2, 0.25) is 5.91 Å². The van der Waals surface area contributed by atoms with Crippen LogP contribution in [0.5, 0.6) is 0 Å². The zero-order valence-corrected chi connectivity index (χ0v) is 9.79. The number of hydrogen-bond acceptors (Lipinski definition) is 1. The van der Waals surface area contributed by atoms with E-state index < -0.39 is 5.91 Å². The fourth-order valence-corrected chi connectivity index (χ4v) is 1.90. The summed E-state index contributed by atoms with van der Waals surface area (Å²) in [5.41, 5.74) is 8.08. The van der Waals surface area contributed by atoms with Gasteiger partial charge in [-0.2, -0.15) is 0 Å². The minimum absolute atomic E-state index is 0.0898. The van der Waals surface area contributed by atoms with Gasteiger partial charge in [-0.25, -0.2) is 0 Å². The van der Waals surface area contributed by atoms with E-state index >= 15 is 0 Å². The van der Waals surface area contributed by atoms with Crippen LogP contribution in [0.4, 0.5) is 0 Å². The predicted octanol–water partition coefficient (Wildman–Crippen LogP) is 2.56. The molecule has 0 unspecified atom stereocenters. The highest BCUT2D eigenvalue weighted by Gasteiger charge is 2.18. The van der Waals surface area contributed by atoms with Crippen LogP contribution in [-0.2, 0) is 5.41 Å². The number of carbonyl (C=O) groups excluding carboxylic acids is 1. The number of benzene rings is 1. The molecule has 1 amide bonds. The molecule has 0 saturated carbocycles. The Bertz CT molecular complexity index is 547. The molecule has 16 heavy (non-hydrogen) atoms. The van der Waals surface area contributed by atoms with Crippen molar-refractivity contribution < 1.29 is 4.79 Å². The highest BCUT2D eigenvalue weighted by atomic mass is 16.1. The normalized spacial score (nSPS) is 11.9. The molecule has 2 rings (SSSR count). The lowest BCUT2D eigenvalue weighted by Crippen LogP contribution is -2.11. The van der Waals surface area contributed by atoms with Crippen molar-refractivity contribution in [3.8, 4) is 0 Å². The van der Waals surface area contributed by atoms with Crippen LogP contribution < -0.4 is 5.73 Å². The number of primary amides is 1. The molecule has 0 aliphatic rings. The zero-order valence-electron chi connectivity index (χ0n) is 9.79. The number of hydrogen-bond donors (Lipinski definition) is 2. The standard InChI is InChI=1S/C13H16N2O/c1-13(2,3)10-7-15-11-6-8(12(14)16)4-5-9(10)11/h4-7,15H,1-3H3,(H2,14,16). The minimum atomic E-state index is -0.395. The van der Waals surface area contributed by atoms with E-state index in [1.165, 1.54) is 5.56 Å². The van der Waals surface area contributed by atoms with E-state index in [1.54, 1.807) is 12.1 Å². The third-order valence-electron chi connectivity index (χ3n) is 2.77. The molecule has 0 spiro atoms. The third kappa shape index (κ3) is 1.69. The van der Waals surface area contributed by atoms with Crippen LogP contribution in [0.2, 0.25) is 0 Å². The fourth-order valence-electron chi connectivity index (χ4n) is 1.90. The molecule has 84 valence electrons. The van der Waals surface area contributed by atoms with E-state index in [0.29, 0.717) is 5.56 Å². The van der Waals surface area contributed by atoms with E-state index in [-0.39, 0.29) is 5.41 Å². The predicted molar refractivity (Wildman–Crippen MR) is 65.5 cm³/mol. The molecule has 0 aliphatic carbocycles. The average molecular weight is 216 g/mol. The minimum Gasteiger partial charge on any atom is -0.366 e. The van der Waals surface area contributed by atoms with Crippen molar-refractivity contribution in [1.82, 2.24) is 4.98 Å². The highest BCUT2D eigenvalue weighted by molar-refractivity contribution is 5.97. The van der Waals surface area contributed by atoms with Crippen molar-refractivity contribution in [2.45, 2.75) is 26.2 Å². The van der Waals surface area contributed by atoms with Gasteiger partial charge in [-0.3, -0.25) is 4.79 Å². The summed E-state index contributed by atoms with van der Waals surface area (Å²) in [6.07, 6.45) is 2.00. The number of H-pyrrole nitrogens is 1. The molecule has 0 radical (unpaired) electrons. The first-order chi connectivity index (χ1) is 7.39. The van der Waals surface area contributed by atoms with Crippen molar-refractivity contribution in [2.24, 2.45) is 5.73 Å². The van der Waals surface area contributed by atoms with Gasteiger partial charge < -0.3 is 10.7 Å². The van der Waals surface area contributed by atoms with Gasteiger partial charge in [-0.05, 0) is 23.1 Å². The molecule has 1 heterocycles. The summed E-state index contributed by atoms with van der Waals surface area (Å²) in [4.78, 5) is 14.2. The summed E-state index contributed by atoms with van der Waals surface area (Å²) in [5, 5.41) is 1.15. The van der Waals surface area contributed by atoms with Gasteiger partial charge in [0.05, 0.1) is 0 Å². The molecule has 3 heteroatoms. The Morgan fingerprint density at radius 2 is 2.00 bits per heavy atom. The lowest BCUT2D eigenvalue weighted by atomic mass is 9.87. The number of carbonyl (C=O) groups is 1. The van der Waals surface area contributed by atoms with Crippen LogP contribution in [0.25, 0.3) is 10.9 Å². The number of fused-ring (bicyclic) bond motifs is 1. The molecule has 3 nitrogen and oxygen atoms in total. The second kappa shape index (κ2) is 3.37. The van der Waals surface area contributed by atoms with Crippen LogP contribution in [0.1, 0.15) is 36.7 Å². The van der Waals surface area contributed by atoms with Crippen molar-refractivity contribution in [2.75, 3.05) is 0 Å². The second-order valence-corrected chi connectivity index (χ2v) is 5.08. The largest absolute Gasteiger partial charge is 0.366 e. The fraction of sp³-hybridized carbons (Fsp3) is 0.308. The maximum atomic E-state index is 11.1. The number of aromatic nitrogens is 1. The number of rotatable bonds is 1. The highest BCUT2D eigenvalue weighted by Crippen LogP contribution is 2.30. The Kier molecular flexibility index (Phi) is 2.26. The SMILES string of the molecule is CC(C)(C)c1c[nH]c2cc(C(N)=O)ccc12. The summed E-state index contributed by atoms with van der Waals surface area (Å²) in [7, 11) is 0. The number of aromatic amines is 1. The molecule has 1 aromatic heterocycles. The molecule has 0 bridgehead atoms. The molecule has 0 saturated heterocycles. The maximum absolute atomic E-state index is 11.1. The number of nitrogens with one attached hydrogen (secondary N) is 1. The van der Waals surface area contributed by atoms with Gasteiger partial charge in [0, 0.05) is 22.7 Å². The first-order valence-corrected chi connectivity index (χ1v) is 5.31. The van der Waals surface area contributed by atoms with Gasteiger partial charge >= 0.3 is 0 Å². The third-order valence-corrected chi connectivity index (χ3v) is 2.77. The Morgan fingerprint density at radius 3 is 2.56 bits per heavy atom. The summed E-state index contributed by atoms with van der Waals surface area (Å²) < 4.78 is 0. The van der Waals surface area contributed by atoms with E-state index in [1.807, 2.05) is 12.3 Å². The monoisotopic (exact) mass is 216 g/mol. The smallest absolute Gasteiger partial charge is 0.248 e. The zero-order chi connectivity index (χ0) is 11.9. The van der Waals surface area contributed by atoms with Crippen molar-refractivity contribution in [3.05, 3.63) is 35.5 Å². The second-order valence-electron chi connectivity index (χ2n) is 5.08. The van der Waals surface area contributed by atoms with Gasteiger partial charge in [0.25, 0.3) is 0 Å². The van der Waals surface area contributed by atoms with Crippen LogP contribution in [0.3, 0.4) is 0 Å². The van der Waals surface area contributed by atoms with E-state index in [4.69, 9.17) is 5.73 Å². The van der Waals surface area contributed by atoms with E-state index in [0.717, 1.165) is 10.9 Å².